The van der Waals surface area contributed by atoms with Crippen LogP contribution in [-0.4, -0.2) is 25.2 Å². The maximum Gasteiger partial charge on any atom is 0.145 e. The summed E-state index contributed by atoms with van der Waals surface area (Å²) in [6.45, 7) is 2.31. The number of rotatable bonds is 3. The van der Waals surface area contributed by atoms with Crippen LogP contribution in [0.2, 0.25) is 0 Å². The maximum absolute atomic E-state index is 5.34. The molecule has 0 saturated carbocycles. The summed E-state index contributed by atoms with van der Waals surface area (Å²) in [7, 11) is 1.69. The molecule has 0 spiro atoms. The van der Waals surface area contributed by atoms with Crippen molar-refractivity contribution in [2.45, 2.75) is 19.3 Å². The Hall–Kier alpha value is -1.61. The van der Waals surface area contributed by atoms with Gasteiger partial charge in [0.15, 0.2) is 0 Å². The predicted molar refractivity (Wildman–Crippen MR) is 77.6 cm³/mol. The second-order valence-corrected chi connectivity index (χ2v) is 5.29. The number of fused-ring (bicyclic) bond motifs is 1. The Labute approximate surface area is 114 Å². The van der Waals surface area contributed by atoms with Gasteiger partial charge in [-0.15, -0.1) is 0 Å². The lowest BCUT2D eigenvalue weighted by Crippen LogP contribution is -2.30. The fraction of sp³-hybridized carbons (Fsp3) is 0.438. The number of hydrogen-bond acceptors (Lipinski definition) is 3. The van der Waals surface area contributed by atoms with E-state index >= 15 is 0 Å². The Balaban J connectivity index is 1.85. The van der Waals surface area contributed by atoms with Crippen LogP contribution >= 0.6 is 0 Å². The third-order valence-electron chi connectivity index (χ3n) is 3.87. The van der Waals surface area contributed by atoms with Crippen molar-refractivity contribution >= 4 is 10.9 Å². The minimum Gasteiger partial charge on any atom is -0.494 e. The van der Waals surface area contributed by atoms with Crippen LogP contribution in [0, 0.1) is 5.92 Å². The van der Waals surface area contributed by atoms with E-state index in [0.29, 0.717) is 0 Å². The van der Waals surface area contributed by atoms with Crippen LogP contribution < -0.4 is 10.1 Å². The summed E-state index contributed by atoms with van der Waals surface area (Å²) in [6, 6.07) is 8.34. The molecule has 1 aliphatic heterocycles. The van der Waals surface area contributed by atoms with E-state index in [4.69, 9.17) is 4.74 Å². The van der Waals surface area contributed by atoms with Gasteiger partial charge >= 0.3 is 0 Å². The number of nitrogens with zero attached hydrogens (tertiary/aromatic N) is 1. The third kappa shape index (κ3) is 2.71. The number of benzene rings is 1. The van der Waals surface area contributed by atoms with Gasteiger partial charge < -0.3 is 10.1 Å². The highest BCUT2D eigenvalue weighted by Crippen LogP contribution is 2.25. The van der Waals surface area contributed by atoms with E-state index in [0.717, 1.165) is 30.1 Å². The quantitative estimate of drug-likeness (QED) is 0.917. The largest absolute Gasteiger partial charge is 0.494 e. The molecule has 1 aliphatic rings. The maximum atomic E-state index is 5.34. The SMILES string of the molecule is COc1cccc2cc(CC3CCCNC3)cnc12. The standard InChI is InChI=1S/C16H20N2O/c1-19-15-6-2-5-14-9-13(11-18-16(14)15)8-12-4-3-7-17-10-12/h2,5-6,9,11-12,17H,3-4,7-8,10H2,1H3. The summed E-state index contributed by atoms with van der Waals surface area (Å²) in [5, 5.41) is 4.64. The number of methoxy groups -OCH3 is 1. The number of para-hydroxylation sites is 1. The minimum atomic E-state index is 0.749. The first-order chi connectivity index (χ1) is 9.36. The molecule has 1 fully saturated rings. The van der Waals surface area contributed by atoms with Crippen molar-refractivity contribution < 1.29 is 4.74 Å². The first-order valence-electron chi connectivity index (χ1n) is 6.99. The molecule has 2 heterocycles. The highest BCUT2D eigenvalue weighted by Gasteiger charge is 2.14. The van der Waals surface area contributed by atoms with Gasteiger partial charge in [0.05, 0.1) is 7.11 Å². The molecule has 1 aromatic heterocycles. The van der Waals surface area contributed by atoms with Gasteiger partial charge in [-0.05, 0) is 56.0 Å². The van der Waals surface area contributed by atoms with E-state index in [2.05, 4.69) is 22.4 Å². The van der Waals surface area contributed by atoms with E-state index in [9.17, 15) is 0 Å². The van der Waals surface area contributed by atoms with Gasteiger partial charge in [0.25, 0.3) is 0 Å². The van der Waals surface area contributed by atoms with Crippen molar-refractivity contribution in [3.05, 3.63) is 36.0 Å². The summed E-state index contributed by atoms with van der Waals surface area (Å²) in [5.74, 6) is 1.60. The molecule has 1 atom stereocenters. The van der Waals surface area contributed by atoms with Crippen LogP contribution in [0.4, 0.5) is 0 Å². The van der Waals surface area contributed by atoms with E-state index in [1.54, 1.807) is 7.11 Å². The highest BCUT2D eigenvalue weighted by atomic mass is 16.5. The second kappa shape index (κ2) is 5.57. The summed E-state index contributed by atoms with van der Waals surface area (Å²) < 4.78 is 5.34. The van der Waals surface area contributed by atoms with Gasteiger partial charge in [-0.2, -0.15) is 0 Å². The third-order valence-corrected chi connectivity index (χ3v) is 3.87. The number of pyridine rings is 1. The smallest absolute Gasteiger partial charge is 0.145 e. The molecular formula is C16H20N2O. The van der Waals surface area contributed by atoms with Crippen molar-refractivity contribution in [2.24, 2.45) is 5.92 Å². The molecule has 3 nitrogen and oxygen atoms in total. The molecule has 2 aromatic rings. The van der Waals surface area contributed by atoms with Gasteiger partial charge in [0, 0.05) is 11.6 Å². The van der Waals surface area contributed by atoms with Crippen molar-refractivity contribution in [3.63, 3.8) is 0 Å². The molecule has 0 radical (unpaired) electrons. The lowest BCUT2D eigenvalue weighted by Gasteiger charge is -2.22. The highest BCUT2D eigenvalue weighted by molar-refractivity contribution is 5.84. The van der Waals surface area contributed by atoms with Gasteiger partial charge in [-0.3, -0.25) is 4.98 Å². The molecule has 1 aromatic carbocycles. The van der Waals surface area contributed by atoms with Gasteiger partial charge in [0.2, 0.25) is 0 Å². The topological polar surface area (TPSA) is 34.1 Å². The molecule has 1 saturated heterocycles. The van der Waals surface area contributed by atoms with Gasteiger partial charge in [-0.1, -0.05) is 12.1 Å². The summed E-state index contributed by atoms with van der Waals surface area (Å²) in [6.07, 6.45) is 5.73. The van der Waals surface area contributed by atoms with Crippen LogP contribution in [0.3, 0.4) is 0 Å². The monoisotopic (exact) mass is 256 g/mol. The normalized spacial score (nSPS) is 19.5. The Bertz CT molecular complexity index is 562. The fourth-order valence-electron chi connectivity index (χ4n) is 2.89. The molecule has 1 unspecified atom stereocenters. The first kappa shape index (κ1) is 12.4. The average molecular weight is 256 g/mol. The molecule has 3 rings (SSSR count). The number of hydrogen-bond donors (Lipinski definition) is 1. The predicted octanol–water partition coefficient (Wildman–Crippen LogP) is 2.79. The summed E-state index contributed by atoms with van der Waals surface area (Å²) in [5.41, 5.74) is 2.28. The Kier molecular flexibility index (Phi) is 3.65. The molecule has 100 valence electrons. The van der Waals surface area contributed by atoms with Crippen LogP contribution in [0.1, 0.15) is 18.4 Å². The van der Waals surface area contributed by atoms with Crippen molar-refractivity contribution in [1.82, 2.24) is 10.3 Å². The lowest BCUT2D eigenvalue weighted by molar-refractivity contribution is 0.376. The van der Waals surface area contributed by atoms with E-state index in [1.807, 2.05) is 18.3 Å². The van der Waals surface area contributed by atoms with Crippen molar-refractivity contribution in [1.29, 1.82) is 0 Å². The van der Waals surface area contributed by atoms with Crippen molar-refractivity contribution in [2.75, 3.05) is 20.2 Å². The van der Waals surface area contributed by atoms with E-state index < -0.39 is 0 Å². The van der Waals surface area contributed by atoms with Crippen LogP contribution in [0.15, 0.2) is 30.5 Å². The molecule has 3 heteroatoms. The van der Waals surface area contributed by atoms with Crippen LogP contribution in [0.25, 0.3) is 10.9 Å². The molecule has 19 heavy (non-hydrogen) atoms. The summed E-state index contributed by atoms with van der Waals surface area (Å²) in [4.78, 5) is 4.57. The first-order valence-corrected chi connectivity index (χ1v) is 6.99. The average Bonchev–Trinajstić information content (AvgIpc) is 2.47. The van der Waals surface area contributed by atoms with Crippen molar-refractivity contribution in [3.8, 4) is 5.75 Å². The molecule has 1 N–H and O–H groups in total. The zero-order valence-electron chi connectivity index (χ0n) is 11.4. The Morgan fingerprint density at radius 1 is 1.42 bits per heavy atom. The van der Waals surface area contributed by atoms with Crippen LogP contribution in [-0.2, 0) is 6.42 Å². The zero-order chi connectivity index (χ0) is 13.1. The lowest BCUT2D eigenvalue weighted by atomic mass is 9.92. The number of ether oxygens (including phenoxy) is 1. The number of piperidine rings is 1. The van der Waals surface area contributed by atoms with Gasteiger partial charge in [-0.25, -0.2) is 0 Å². The Morgan fingerprint density at radius 2 is 2.37 bits per heavy atom. The van der Waals surface area contributed by atoms with E-state index in [1.165, 1.54) is 30.3 Å². The second-order valence-electron chi connectivity index (χ2n) is 5.29. The fourth-order valence-corrected chi connectivity index (χ4v) is 2.89. The minimum absolute atomic E-state index is 0.749. The number of aromatic nitrogens is 1. The molecule has 0 amide bonds. The number of nitrogens with one attached hydrogen (secondary N) is 1. The molecule has 0 bridgehead atoms. The molecule has 0 aliphatic carbocycles. The zero-order valence-corrected chi connectivity index (χ0v) is 11.4. The van der Waals surface area contributed by atoms with Crippen LogP contribution in [0.5, 0.6) is 5.75 Å². The molecular weight excluding hydrogens is 236 g/mol. The summed E-state index contributed by atoms with van der Waals surface area (Å²) >= 11 is 0. The van der Waals surface area contributed by atoms with Gasteiger partial charge in [0.1, 0.15) is 11.3 Å². The van der Waals surface area contributed by atoms with E-state index in [-0.39, 0.29) is 0 Å². The Morgan fingerprint density at radius 3 is 3.16 bits per heavy atom.